The Bertz CT molecular complexity index is 1150. The second-order valence-corrected chi connectivity index (χ2v) is 12.0. The summed E-state index contributed by atoms with van der Waals surface area (Å²) in [4.78, 5) is 12.7. The van der Waals surface area contributed by atoms with Crippen molar-refractivity contribution >= 4 is 95.6 Å². The van der Waals surface area contributed by atoms with Crippen LogP contribution in [0.15, 0.2) is 75.7 Å². The van der Waals surface area contributed by atoms with E-state index in [1.165, 1.54) is 0 Å². The lowest BCUT2D eigenvalue weighted by Gasteiger charge is -2.28. The highest BCUT2D eigenvalue weighted by atomic mass is 79.9. The van der Waals surface area contributed by atoms with Crippen molar-refractivity contribution in [2.45, 2.75) is 23.3 Å². The summed E-state index contributed by atoms with van der Waals surface area (Å²) in [6, 6.07) is 21.6. The molecule has 0 saturated heterocycles. The number of benzene rings is 3. The van der Waals surface area contributed by atoms with Gasteiger partial charge < -0.3 is 16.0 Å². The van der Waals surface area contributed by atoms with Crippen molar-refractivity contribution in [3.8, 4) is 11.1 Å². The monoisotopic (exact) mass is 661 g/mol. The van der Waals surface area contributed by atoms with Gasteiger partial charge in [0.25, 0.3) is 0 Å². The summed E-state index contributed by atoms with van der Waals surface area (Å²) in [7, 11) is 0. The number of aryl methyl sites for hydroxylation is 1. The average molecular weight is 665 g/mol. The minimum Gasteiger partial charge on any atom is -0.339 e. The van der Waals surface area contributed by atoms with Crippen LogP contribution in [0, 0.1) is 6.92 Å². The van der Waals surface area contributed by atoms with E-state index in [1.54, 1.807) is 0 Å². The number of anilines is 1. The molecule has 1 unspecified atom stereocenters. The predicted molar refractivity (Wildman–Crippen MR) is 154 cm³/mol. The normalized spacial score (nSPS) is 12.1. The summed E-state index contributed by atoms with van der Waals surface area (Å²) in [6.45, 7) is 1.97. The van der Waals surface area contributed by atoms with Crippen molar-refractivity contribution in [3.05, 3.63) is 86.8 Å². The molecule has 0 aliphatic carbocycles. The maximum absolute atomic E-state index is 12.7. The van der Waals surface area contributed by atoms with Gasteiger partial charge >= 0.3 is 0 Å². The van der Waals surface area contributed by atoms with Gasteiger partial charge in [-0.25, -0.2) is 0 Å². The van der Waals surface area contributed by atoms with E-state index in [4.69, 9.17) is 47.0 Å². The number of rotatable bonds is 6. The summed E-state index contributed by atoms with van der Waals surface area (Å²) < 4.78 is -0.241. The molecule has 3 rings (SSSR count). The summed E-state index contributed by atoms with van der Waals surface area (Å²) >= 11 is 30.7. The lowest BCUT2D eigenvalue weighted by atomic mass is 10.0. The lowest BCUT2D eigenvalue weighted by Crippen LogP contribution is -2.56. The Balaban J connectivity index is 1.63. The zero-order valence-corrected chi connectivity index (χ0v) is 24.1. The summed E-state index contributed by atoms with van der Waals surface area (Å²) in [5.74, 6) is -0.322. The third kappa shape index (κ3) is 7.83. The largest absolute Gasteiger partial charge is 0.339 e. The van der Waals surface area contributed by atoms with Crippen LogP contribution < -0.4 is 16.0 Å². The minimum absolute atomic E-state index is 0.114. The van der Waals surface area contributed by atoms with Gasteiger partial charge in [-0.2, -0.15) is 0 Å². The molecule has 0 aliphatic rings. The van der Waals surface area contributed by atoms with E-state index < -0.39 is 9.96 Å². The Kier molecular flexibility index (Phi) is 9.66. The fraction of sp³-hybridized carbons (Fsp3) is 0.167. The molecule has 178 valence electrons. The van der Waals surface area contributed by atoms with Crippen LogP contribution in [0.2, 0.25) is 0 Å². The van der Waals surface area contributed by atoms with Crippen LogP contribution in [0.4, 0.5) is 5.69 Å². The quantitative estimate of drug-likeness (QED) is 0.145. The van der Waals surface area contributed by atoms with Crippen LogP contribution in [0.3, 0.4) is 0 Å². The third-order valence-corrected chi connectivity index (χ3v) is 6.88. The third-order valence-electron chi connectivity index (χ3n) is 4.76. The van der Waals surface area contributed by atoms with Gasteiger partial charge in [0.15, 0.2) is 5.11 Å². The summed E-state index contributed by atoms with van der Waals surface area (Å²) in [6.07, 6.45) is -0.944. The van der Waals surface area contributed by atoms with E-state index in [-0.39, 0.29) is 17.4 Å². The summed E-state index contributed by atoms with van der Waals surface area (Å²) in [5.41, 5.74) is 4.76. The highest BCUT2D eigenvalue weighted by Crippen LogP contribution is 2.33. The molecular weight excluding hydrogens is 645 g/mol. The van der Waals surface area contributed by atoms with E-state index in [2.05, 4.69) is 47.8 Å². The molecule has 0 fully saturated rings. The first-order chi connectivity index (χ1) is 16.0. The average Bonchev–Trinajstić information content (AvgIpc) is 2.76. The van der Waals surface area contributed by atoms with Gasteiger partial charge in [-0.3, -0.25) is 4.79 Å². The Labute approximate surface area is 236 Å². The molecule has 3 N–H and O–H groups in total. The SMILES string of the molecule is Cc1cc(Br)c(NC(=S)NC(NC(=O)Cc2ccc(-c3ccccc3)cc2)C(Cl)(Cl)Cl)c(Br)c1. The Hall–Kier alpha value is -1.35. The van der Waals surface area contributed by atoms with Crippen molar-refractivity contribution in [1.29, 1.82) is 0 Å². The molecule has 34 heavy (non-hydrogen) atoms. The van der Waals surface area contributed by atoms with Gasteiger partial charge in [-0.05, 0) is 85.4 Å². The molecule has 0 bridgehead atoms. The first-order valence-electron chi connectivity index (χ1n) is 10.1. The first kappa shape index (κ1) is 27.2. The summed E-state index contributed by atoms with van der Waals surface area (Å²) in [5, 5.41) is 8.81. The number of hydrogen-bond donors (Lipinski definition) is 3. The number of halogens is 5. The van der Waals surface area contributed by atoms with Crippen molar-refractivity contribution < 1.29 is 4.79 Å². The number of carbonyl (C=O) groups excluding carboxylic acids is 1. The van der Waals surface area contributed by atoms with Crippen LogP contribution in [-0.2, 0) is 11.2 Å². The fourth-order valence-electron chi connectivity index (χ4n) is 3.14. The molecule has 0 radical (unpaired) electrons. The number of thiocarbonyl (C=S) groups is 1. The molecule has 3 aromatic rings. The number of nitrogens with one attached hydrogen (secondary N) is 3. The van der Waals surface area contributed by atoms with Crippen molar-refractivity contribution in [2.75, 3.05) is 5.32 Å². The molecule has 1 atom stereocenters. The van der Waals surface area contributed by atoms with Crippen LogP contribution in [0.1, 0.15) is 11.1 Å². The van der Waals surface area contributed by atoms with E-state index >= 15 is 0 Å². The molecule has 0 aromatic heterocycles. The molecular formula is C24H20Br2Cl3N3OS. The van der Waals surface area contributed by atoms with Gasteiger partial charge in [-0.1, -0.05) is 89.4 Å². The molecule has 0 heterocycles. The van der Waals surface area contributed by atoms with E-state index in [0.717, 1.165) is 31.2 Å². The van der Waals surface area contributed by atoms with Gasteiger partial charge in [-0.15, -0.1) is 0 Å². The van der Waals surface area contributed by atoms with Crippen molar-refractivity contribution in [3.63, 3.8) is 0 Å². The molecule has 1 amide bonds. The molecule has 0 aliphatic heterocycles. The van der Waals surface area contributed by atoms with Crippen LogP contribution in [0.5, 0.6) is 0 Å². The second-order valence-electron chi connectivity index (χ2n) is 7.48. The van der Waals surface area contributed by atoms with Gasteiger partial charge in [0, 0.05) is 8.95 Å². The van der Waals surface area contributed by atoms with E-state index in [0.29, 0.717) is 5.69 Å². The smallest absolute Gasteiger partial charge is 0.228 e. The predicted octanol–water partition coefficient (Wildman–Crippen LogP) is 7.53. The van der Waals surface area contributed by atoms with E-state index in [1.807, 2.05) is 73.7 Å². The fourth-order valence-corrected chi connectivity index (χ4v) is 5.30. The maximum Gasteiger partial charge on any atom is 0.228 e. The van der Waals surface area contributed by atoms with Gasteiger partial charge in [0.05, 0.1) is 12.1 Å². The first-order valence-corrected chi connectivity index (χ1v) is 13.2. The van der Waals surface area contributed by atoms with Crippen LogP contribution in [-0.4, -0.2) is 21.0 Å². The highest BCUT2D eigenvalue weighted by Gasteiger charge is 2.34. The number of carbonyl (C=O) groups is 1. The standard InChI is InChI=1S/C24H20Br2Cl3N3OS/c1-14-11-18(25)21(19(26)12-14)31-23(34)32-22(24(27,28)29)30-20(33)13-15-7-9-17(10-8-15)16-5-3-2-4-6-16/h2-12,22H,13H2,1H3,(H,30,33)(H2,31,32,34). The Morgan fingerprint density at radius 2 is 1.50 bits per heavy atom. The minimum atomic E-state index is -1.85. The Morgan fingerprint density at radius 3 is 2.06 bits per heavy atom. The number of hydrogen-bond acceptors (Lipinski definition) is 2. The number of alkyl halides is 3. The topological polar surface area (TPSA) is 53.2 Å². The van der Waals surface area contributed by atoms with Crippen LogP contribution >= 0.6 is 78.9 Å². The molecule has 4 nitrogen and oxygen atoms in total. The van der Waals surface area contributed by atoms with Gasteiger partial charge in [0.2, 0.25) is 9.70 Å². The van der Waals surface area contributed by atoms with E-state index in [9.17, 15) is 4.79 Å². The maximum atomic E-state index is 12.7. The zero-order valence-electron chi connectivity index (χ0n) is 17.8. The van der Waals surface area contributed by atoms with Crippen molar-refractivity contribution in [2.24, 2.45) is 0 Å². The number of amides is 1. The Morgan fingerprint density at radius 1 is 0.941 bits per heavy atom. The highest BCUT2D eigenvalue weighted by molar-refractivity contribution is 9.11. The van der Waals surface area contributed by atoms with Crippen LogP contribution in [0.25, 0.3) is 11.1 Å². The molecule has 0 spiro atoms. The molecule has 10 heteroatoms. The second kappa shape index (κ2) is 12.1. The lowest BCUT2D eigenvalue weighted by molar-refractivity contribution is -0.121. The van der Waals surface area contributed by atoms with Gasteiger partial charge in [0.1, 0.15) is 6.17 Å². The molecule has 3 aromatic carbocycles. The van der Waals surface area contributed by atoms with Crippen molar-refractivity contribution in [1.82, 2.24) is 10.6 Å². The zero-order chi connectivity index (χ0) is 24.9. The molecule has 0 saturated carbocycles.